The maximum Gasteiger partial charge on any atom is 0.141 e. The Kier molecular flexibility index (Phi) is 5.01. The van der Waals surface area contributed by atoms with E-state index in [9.17, 15) is 0 Å². The number of anilines is 1. The number of nitrogens with zero attached hydrogens (tertiary/aromatic N) is 4. The van der Waals surface area contributed by atoms with Crippen LogP contribution < -0.4 is 4.90 Å². The predicted molar refractivity (Wildman–Crippen MR) is 115 cm³/mol. The van der Waals surface area contributed by atoms with Crippen LogP contribution >= 0.6 is 11.3 Å². The number of rotatable bonds is 4. The fourth-order valence-corrected chi connectivity index (χ4v) is 5.29. The molecule has 0 unspecified atom stereocenters. The first-order valence-electron chi connectivity index (χ1n) is 10.2. The summed E-state index contributed by atoms with van der Waals surface area (Å²) in [5.41, 5.74) is 2.48. The van der Waals surface area contributed by atoms with Crippen LogP contribution in [-0.4, -0.2) is 60.3 Å². The summed E-state index contributed by atoms with van der Waals surface area (Å²) in [5, 5.41) is 3.43. The molecule has 0 radical (unpaired) electrons. The quantitative estimate of drug-likeness (QED) is 0.670. The van der Waals surface area contributed by atoms with Gasteiger partial charge in [-0.1, -0.05) is 30.3 Å². The lowest BCUT2D eigenvalue weighted by Gasteiger charge is -2.36. The molecule has 2 aliphatic heterocycles. The van der Waals surface area contributed by atoms with Gasteiger partial charge in [-0.2, -0.15) is 0 Å². The molecule has 0 bridgehead atoms. The highest BCUT2D eigenvalue weighted by Crippen LogP contribution is 2.38. The van der Waals surface area contributed by atoms with Gasteiger partial charge in [-0.15, -0.1) is 11.3 Å². The van der Waals surface area contributed by atoms with Crippen molar-refractivity contribution in [2.45, 2.75) is 25.9 Å². The highest BCUT2D eigenvalue weighted by atomic mass is 32.1. The number of fused-ring (bicyclic) bond motifs is 1. The van der Waals surface area contributed by atoms with Crippen LogP contribution in [0.3, 0.4) is 0 Å². The molecule has 4 heterocycles. The van der Waals surface area contributed by atoms with Crippen LogP contribution in [0, 0.1) is 6.92 Å². The van der Waals surface area contributed by atoms with Crippen molar-refractivity contribution in [3.63, 3.8) is 0 Å². The monoisotopic (exact) mass is 394 g/mol. The van der Waals surface area contributed by atoms with E-state index in [1.807, 2.05) is 6.92 Å². The first-order chi connectivity index (χ1) is 13.8. The molecule has 6 heteroatoms. The summed E-state index contributed by atoms with van der Waals surface area (Å²) >= 11 is 1.72. The van der Waals surface area contributed by atoms with Gasteiger partial charge >= 0.3 is 0 Å². The molecule has 2 aromatic heterocycles. The van der Waals surface area contributed by atoms with Crippen molar-refractivity contribution >= 4 is 27.4 Å². The van der Waals surface area contributed by atoms with Crippen molar-refractivity contribution in [2.24, 2.45) is 0 Å². The van der Waals surface area contributed by atoms with Gasteiger partial charge in [0, 0.05) is 50.3 Å². The van der Waals surface area contributed by atoms with Gasteiger partial charge in [-0.3, -0.25) is 4.90 Å². The molecule has 1 aromatic carbocycles. The van der Waals surface area contributed by atoms with E-state index in [2.05, 4.69) is 45.5 Å². The van der Waals surface area contributed by atoms with Crippen molar-refractivity contribution in [1.29, 1.82) is 0 Å². The Morgan fingerprint density at radius 2 is 1.93 bits per heavy atom. The number of ether oxygens (including phenoxy) is 1. The average molecular weight is 395 g/mol. The van der Waals surface area contributed by atoms with Crippen LogP contribution in [0.2, 0.25) is 0 Å². The Morgan fingerprint density at radius 1 is 1.11 bits per heavy atom. The molecule has 0 spiro atoms. The number of aryl methyl sites for hydroxylation is 1. The summed E-state index contributed by atoms with van der Waals surface area (Å²) < 4.78 is 5.82. The number of benzene rings is 1. The first kappa shape index (κ1) is 18.0. The topological polar surface area (TPSA) is 41.5 Å². The Bertz CT molecular complexity index is 944. The molecule has 2 aliphatic rings. The molecule has 5 nitrogen and oxygen atoms in total. The fourth-order valence-electron chi connectivity index (χ4n) is 4.30. The lowest BCUT2D eigenvalue weighted by Crippen LogP contribution is -2.48. The summed E-state index contributed by atoms with van der Waals surface area (Å²) in [6.07, 6.45) is 2.85. The summed E-state index contributed by atoms with van der Waals surface area (Å²) in [4.78, 5) is 15.7. The number of thiophene rings is 1. The Morgan fingerprint density at radius 3 is 2.68 bits per heavy atom. The second-order valence-electron chi connectivity index (χ2n) is 7.71. The minimum absolute atomic E-state index is 0.432. The minimum Gasteiger partial charge on any atom is -0.377 e. The van der Waals surface area contributed by atoms with Crippen LogP contribution in [0.15, 0.2) is 35.7 Å². The molecule has 28 heavy (non-hydrogen) atoms. The van der Waals surface area contributed by atoms with Crippen molar-refractivity contribution in [1.82, 2.24) is 14.9 Å². The lowest BCUT2D eigenvalue weighted by molar-refractivity contribution is 0.0712. The zero-order chi connectivity index (χ0) is 18.9. The molecular formula is C22H26N4OS. The van der Waals surface area contributed by atoms with Crippen LogP contribution in [0.5, 0.6) is 0 Å². The van der Waals surface area contributed by atoms with Gasteiger partial charge in [-0.05, 0) is 25.3 Å². The predicted octanol–water partition coefficient (Wildman–Crippen LogP) is 3.97. The van der Waals surface area contributed by atoms with Gasteiger partial charge in [0.05, 0.1) is 11.5 Å². The smallest absolute Gasteiger partial charge is 0.141 e. The number of hydrogen-bond donors (Lipinski definition) is 0. The maximum absolute atomic E-state index is 5.82. The average Bonchev–Trinajstić information content (AvgIpc) is 3.38. The lowest BCUT2D eigenvalue weighted by atomic mass is 10.1. The Balaban J connectivity index is 1.42. The van der Waals surface area contributed by atoms with Gasteiger partial charge in [0.1, 0.15) is 16.5 Å². The molecule has 0 saturated carbocycles. The molecule has 0 amide bonds. The van der Waals surface area contributed by atoms with Gasteiger partial charge in [0.25, 0.3) is 0 Å². The van der Waals surface area contributed by atoms with Crippen molar-refractivity contribution in [2.75, 3.05) is 44.2 Å². The fraction of sp³-hybridized carbons (Fsp3) is 0.455. The second kappa shape index (κ2) is 7.78. The highest BCUT2D eigenvalue weighted by Gasteiger charge is 2.25. The minimum atomic E-state index is 0.432. The van der Waals surface area contributed by atoms with Gasteiger partial charge in [-0.25, -0.2) is 9.97 Å². The third kappa shape index (κ3) is 3.52. The summed E-state index contributed by atoms with van der Waals surface area (Å²) in [6, 6.07) is 10.6. The summed E-state index contributed by atoms with van der Waals surface area (Å²) in [6.45, 7) is 8.14. The van der Waals surface area contributed by atoms with E-state index in [1.165, 1.54) is 29.4 Å². The van der Waals surface area contributed by atoms with Gasteiger partial charge < -0.3 is 9.64 Å². The normalized spacial score (nSPS) is 20.9. The molecule has 1 atom stereocenters. The summed E-state index contributed by atoms with van der Waals surface area (Å²) in [7, 11) is 0. The number of piperazine rings is 1. The van der Waals surface area contributed by atoms with Crippen LogP contribution in [0.1, 0.15) is 18.7 Å². The molecular weight excluding hydrogens is 368 g/mol. The molecule has 2 fully saturated rings. The van der Waals surface area contributed by atoms with Gasteiger partial charge in [0.15, 0.2) is 0 Å². The van der Waals surface area contributed by atoms with Crippen LogP contribution in [0.4, 0.5) is 5.82 Å². The van der Waals surface area contributed by atoms with Crippen molar-refractivity contribution in [3.05, 3.63) is 41.5 Å². The van der Waals surface area contributed by atoms with E-state index >= 15 is 0 Å². The standard InChI is InChI=1S/C22H26N4OS/c1-16-23-21(26-11-9-25(10-12-26)14-18-8-5-13-27-18)20-19(15-28-22(20)24-16)17-6-3-2-4-7-17/h2-4,6-7,15,18H,5,8-14H2,1H3/t18-/m1/s1. The first-order valence-corrected chi connectivity index (χ1v) is 11.1. The Hall–Kier alpha value is -2.02. The highest BCUT2D eigenvalue weighted by molar-refractivity contribution is 7.17. The van der Waals surface area contributed by atoms with E-state index in [0.29, 0.717) is 6.10 Å². The van der Waals surface area contributed by atoms with E-state index in [-0.39, 0.29) is 0 Å². The molecule has 3 aromatic rings. The third-order valence-corrected chi connectivity index (χ3v) is 6.64. The molecule has 5 rings (SSSR count). The van der Waals surface area contributed by atoms with Crippen LogP contribution in [0.25, 0.3) is 21.3 Å². The van der Waals surface area contributed by atoms with Gasteiger partial charge in [0.2, 0.25) is 0 Å². The molecule has 2 saturated heterocycles. The van der Waals surface area contributed by atoms with E-state index < -0.39 is 0 Å². The zero-order valence-corrected chi connectivity index (χ0v) is 17.1. The maximum atomic E-state index is 5.82. The summed E-state index contributed by atoms with van der Waals surface area (Å²) in [5.74, 6) is 1.95. The Labute approximate surface area is 170 Å². The second-order valence-corrected chi connectivity index (χ2v) is 8.57. The largest absolute Gasteiger partial charge is 0.377 e. The van der Waals surface area contributed by atoms with E-state index in [4.69, 9.17) is 14.7 Å². The van der Waals surface area contributed by atoms with Crippen molar-refractivity contribution in [3.8, 4) is 11.1 Å². The molecule has 0 N–H and O–H groups in total. The molecule has 146 valence electrons. The number of aromatic nitrogens is 2. The van der Waals surface area contributed by atoms with E-state index in [0.717, 1.165) is 55.8 Å². The van der Waals surface area contributed by atoms with Crippen LogP contribution in [-0.2, 0) is 4.74 Å². The zero-order valence-electron chi connectivity index (χ0n) is 16.3. The van der Waals surface area contributed by atoms with Crippen molar-refractivity contribution < 1.29 is 4.74 Å². The SMILES string of the molecule is Cc1nc(N2CCN(C[C@H]3CCCO3)CC2)c2c(-c3ccccc3)csc2n1. The number of hydrogen-bond acceptors (Lipinski definition) is 6. The third-order valence-electron chi connectivity index (χ3n) is 5.77. The molecule has 0 aliphatic carbocycles. The van der Waals surface area contributed by atoms with E-state index in [1.54, 1.807) is 11.3 Å².